The van der Waals surface area contributed by atoms with Crippen LogP contribution in [0.2, 0.25) is 5.02 Å². The molecule has 0 bridgehead atoms. The van der Waals surface area contributed by atoms with Crippen molar-refractivity contribution >= 4 is 29.2 Å². The molecule has 0 saturated carbocycles. The Balaban J connectivity index is 1.46. The quantitative estimate of drug-likeness (QED) is 0.651. The molecule has 2 fully saturated rings. The van der Waals surface area contributed by atoms with Crippen LogP contribution >= 0.6 is 11.6 Å². The van der Waals surface area contributed by atoms with Gasteiger partial charge in [0.1, 0.15) is 0 Å². The SMILES string of the molecule is CC(CC[C@@H]1OC(C)(C)OC1=O)CC(=O)N1CCN(c2cccc(Cl)c2)C[C@H]1C. The van der Waals surface area contributed by atoms with Gasteiger partial charge in [-0.1, -0.05) is 24.6 Å². The molecule has 1 aromatic carbocycles. The van der Waals surface area contributed by atoms with E-state index in [1.54, 1.807) is 13.8 Å². The molecule has 2 aliphatic rings. The summed E-state index contributed by atoms with van der Waals surface area (Å²) in [5.74, 6) is -0.801. The smallest absolute Gasteiger partial charge is 0.337 e. The molecule has 0 spiro atoms. The molecule has 6 nitrogen and oxygen atoms in total. The molecule has 1 aromatic rings. The van der Waals surface area contributed by atoms with Gasteiger partial charge in [-0.15, -0.1) is 0 Å². The first-order valence-electron chi connectivity index (χ1n) is 10.4. The molecule has 0 radical (unpaired) electrons. The van der Waals surface area contributed by atoms with Gasteiger partial charge in [0.05, 0.1) is 0 Å². The van der Waals surface area contributed by atoms with Crippen LogP contribution in [-0.4, -0.2) is 54.3 Å². The number of anilines is 1. The highest BCUT2D eigenvalue weighted by Crippen LogP contribution is 2.28. The van der Waals surface area contributed by atoms with Crippen LogP contribution in [0, 0.1) is 5.92 Å². The molecule has 1 unspecified atom stereocenters. The molecular weight excluding hydrogens is 392 g/mol. The number of hydrogen-bond donors (Lipinski definition) is 0. The Morgan fingerprint density at radius 2 is 2.10 bits per heavy atom. The maximum Gasteiger partial charge on any atom is 0.337 e. The Hall–Kier alpha value is -1.79. The third-order valence-corrected chi connectivity index (χ3v) is 5.84. The van der Waals surface area contributed by atoms with E-state index in [-0.39, 0.29) is 23.8 Å². The van der Waals surface area contributed by atoms with Crippen molar-refractivity contribution in [1.82, 2.24) is 4.90 Å². The number of halogens is 1. The summed E-state index contributed by atoms with van der Waals surface area (Å²) in [6, 6.07) is 7.97. The van der Waals surface area contributed by atoms with Gasteiger partial charge in [0.25, 0.3) is 0 Å². The summed E-state index contributed by atoms with van der Waals surface area (Å²) >= 11 is 6.11. The van der Waals surface area contributed by atoms with Crippen molar-refractivity contribution in [3.05, 3.63) is 29.3 Å². The van der Waals surface area contributed by atoms with Gasteiger partial charge in [-0.2, -0.15) is 0 Å². The van der Waals surface area contributed by atoms with Crippen molar-refractivity contribution in [2.75, 3.05) is 24.5 Å². The Morgan fingerprint density at radius 3 is 2.72 bits per heavy atom. The van der Waals surface area contributed by atoms with Gasteiger partial charge in [0, 0.05) is 56.7 Å². The number of carbonyl (C=O) groups is 2. The normalized spacial score (nSPS) is 25.1. The molecule has 0 aromatic heterocycles. The highest BCUT2D eigenvalue weighted by atomic mass is 35.5. The zero-order valence-electron chi connectivity index (χ0n) is 17.7. The van der Waals surface area contributed by atoms with Crippen LogP contribution in [0.3, 0.4) is 0 Å². The van der Waals surface area contributed by atoms with Crippen LogP contribution < -0.4 is 4.90 Å². The van der Waals surface area contributed by atoms with E-state index in [4.69, 9.17) is 21.1 Å². The number of hydrogen-bond acceptors (Lipinski definition) is 5. The Morgan fingerprint density at radius 1 is 1.34 bits per heavy atom. The van der Waals surface area contributed by atoms with E-state index in [0.717, 1.165) is 30.2 Å². The van der Waals surface area contributed by atoms with E-state index in [9.17, 15) is 9.59 Å². The fraction of sp³-hybridized carbons (Fsp3) is 0.636. The largest absolute Gasteiger partial charge is 0.432 e. The van der Waals surface area contributed by atoms with E-state index in [2.05, 4.69) is 24.8 Å². The lowest BCUT2D eigenvalue weighted by Crippen LogP contribution is -2.54. The molecule has 3 atom stereocenters. The van der Waals surface area contributed by atoms with E-state index >= 15 is 0 Å². The monoisotopic (exact) mass is 422 g/mol. The first-order chi connectivity index (χ1) is 13.6. The molecule has 160 valence electrons. The van der Waals surface area contributed by atoms with Crippen molar-refractivity contribution in [3.8, 4) is 0 Å². The minimum atomic E-state index is -0.848. The van der Waals surface area contributed by atoms with Crippen LogP contribution in [0.1, 0.15) is 47.0 Å². The number of carbonyl (C=O) groups excluding carboxylic acids is 2. The number of ether oxygens (including phenoxy) is 2. The number of cyclic esters (lactones) is 1. The zero-order valence-corrected chi connectivity index (χ0v) is 18.4. The molecule has 1 amide bonds. The van der Waals surface area contributed by atoms with Crippen molar-refractivity contribution < 1.29 is 19.1 Å². The van der Waals surface area contributed by atoms with E-state index < -0.39 is 11.9 Å². The summed E-state index contributed by atoms with van der Waals surface area (Å²) < 4.78 is 10.8. The number of piperazine rings is 1. The second-order valence-corrected chi connectivity index (χ2v) is 9.11. The second-order valence-electron chi connectivity index (χ2n) is 8.68. The summed E-state index contributed by atoms with van der Waals surface area (Å²) in [7, 11) is 0. The summed E-state index contributed by atoms with van der Waals surface area (Å²) in [6.45, 7) is 9.90. The maximum atomic E-state index is 12.8. The first-order valence-corrected chi connectivity index (χ1v) is 10.7. The Bertz CT molecular complexity index is 754. The fourth-order valence-corrected chi connectivity index (χ4v) is 4.27. The van der Waals surface area contributed by atoms with Crippen LogP contribution in [0.15, 0.2) is 24.3 Å². The predicted octanol–water partition coefficient (Wildman–Crippen LogP) is 3.86. The summed E-state index contributed by atoms with van der Waals surface area (Å²) in [5, 5.41) is 0.723. The average molecular weight is 423 g/mol. The van der Waals surface area contributed by atoms with E-state index in [1.165, 1.54) is 0 Å². The van der Waals surface area contributed by atoms with Crippen LogP contribution in [0.25, 0.3) is 0 Å². The maximum absolute atomic E-state index is 12.8. The topological polar surface area (TPSA) is 59.1 Å². The number of benzene rings is 1. The van der Waals surface area contributed by atoms with Crippen LogP contribution in [-0.2, 0) is 19.1 Å². The van der Waals surface area contributed by atoms with Crippen molar-refractivity contribution in [2.24, 2.45) is 5.92 Å². The van der Waals surface area contributed by atoms with Gasteiger partial charge < -0.3 is 19.3 Å². The van der Waals surface area contributed by atoms with Gasteiger partial charge in [0.2, 0.25) is 11.7 Å². The molecule has 3 rings (SSSR count). The Labute approximate surface area is 178 Å². The number of nitrogens with zero attached hydrogens (tertiary/aromatic N) is 2. The second kappa shape index (κ2) is 8.92. The van der Waals surface area contributed by atoms with Gasteiger partial charge in [-0.05, 0) is 43.9 Å². The van der Waals surface area contributed by atoms with Crippen LogP contribution in [0.4, 0.5) is 5.69 Å². The van der Waals surface area contributed by atoms with Gasteiger partial charge >= 0.3 is 5.97 Å². The average Bonchev–Trinajstić information content (AvgIpc) is 2.91. The standard InChI is InChI=1S/C22H31ClN2O4/c1-15(8-9-19-21(27)29-22(3,4)28-19)12-20(26)25-11-10-24(14-16(25)2)18-7-5-6-17(23)13-18/h5-7,13,15-16,19H,8-12,14H2,1-4H3/t15?,16-,19+/m1/s1. The van der Waals surface area contributed by atoms with Gasteiger partial charge in [-0.3, -0.25) is 4.79 Å². The van der Waals surface area contributed by atoms with Crippen molar-refractivity contribution in [1.29, 1.82) is 0 Å². The third-order valence-electron chi connectivity index (χ3n) is 5.60. The summed E-state index contributed by atoms with van der Waals surface area (Å²) in [5.41, 5.74) is 1.09. The highest BCUT2D eigenvalue weighted by molar-refractivity contribution is 6.30. The molecule has 0 aliphatic carbocycles. The minimum Gasteiger partial charge on any atom is -0.432 e. The lowest BCUT2D eigenvalue weighted by atomic mass is 9.98. The minimum absolute atomic E-state index is 0.136. The molecule has 2 aliphatic heterocycles. The molecule has 0 N–H and O–H groups in total. The zero-order chi connectivity index (χ0) is 21.2. The molecule has 29 heavy (non-hydrogen) atoms. The first kappa shape index (κ1) is 21.9. The number of amides is 1. The molecule has 7 heteroatoms. The number of rotatable bonds is 6. The predicted molar refractivity (Wildman–Crippen MR) is 113 cm³/mol. The fourth-order valence-electron chi connectivity index (χ4n) is 4.09. The van der Waals surface area contributed by atoms with Gasteiger partial charge in [0.15, 0.2) is 6.10 Å². The van der Waals surface area contributed by atoms with E-state index in [1.807, 2.05) is 23.1 Å². The van der Waals surface area contributed by atoms with Gasteiger partial charge in [-0.25, -0.2) is 4.79 Å². The van der Waals surface area contributed by atoms with Crippen molar-refractivity contribution in [3.63, 3.8) is 0 Å². The third kappa shape index (κ3) is 5.64. The lowest BCUT2D eigenvalue weighted by molar-refractivity contribution is -0.161. The molecule has 2 saturated heterocycles. The number of esters is 1. The van der Waals surface area contributed by atoms with E-state index in [0.29, 0.717) is 19.4 Å². The lowest BCUT2D eigenvalue weighted by Gasteiger charge is -2.41. The summed E-state index contributed by atoms with van der Waals surface area (Å²) in [6.07, 6.45) is 1.28. The molecular formula is C22H31ClN2O4. The van der Waals surface area contributed by atoms with Crippen molar-refractivity contribution in [2.45, 2.75) is 64.9 Å². The summed E-state index contributed by atoms with van der Waals surface area (Å²) in [4.78, 5) is 28.9. The van der Waals surface area contributed by atoms with Crippen LogP contribution in [0.5, 0.6) is 0 Å². The Kier molecular flexibility index (Phi) is 6.74. The highest BCUT2D eigenvalue weighted by Gasteiger charge is 2.40. The molecule has 2 heterocycles.